The van der Waals surface area contributed by atoms with Gasteiger partial charge in [0.25, 0.3) is 0 Å². The van der Waals surface area contributed by atoms with Crippen molar-refractivity contribution in [1.82, 2.24) is 24.7 Å². The zero-order chi connectivity index (χ0) is 21.5. The number of aryl methyl sites for hydroxylation is 1. The van der Waals surface area contributed by atoms with E-state index in [2.05, 4.69) is 25.4 Å². The second kappa shape index (κ2) is 7.21. The summed E-state index contributed by atoms with van der Waals surface area (Å²) < 4.78 is 21.9. The zero-order valence-corrected chi connectivity index (χ0v) is 16.7. The van der Waals surface area contributed by atoms with Crippen molar-refractivity contribution in [3.63, 3.8) is 0 Å². The first-order valence-electron chi connectivity index (χ1n) is 9.41. The number of fused-ring (bicyclic) bond motifs is 2. The maximum absolute atomic E-state index is 15.0. The second-order valence-electron chi connectivity index (χ2n) is 6.96. The quantitative estimate of drug-likeness (QED) is 0.454. The molecule has 31 heavy (non-hydrogen) atoms. The molecule has 2 aromatic carbocycles. The minimum absolute atomic E-state index is 0.0515. The highest BCUT2D eigenvalue weighted by Crippen LogP contribution is 2.38. The summed E-state index contributed by atoms with van der Waals surface area (Å²) >= 11 is 0. The van der Waals surface area contributed by atoms with Gasteiger partial charge in [-0.2, -0.15) is 0 Å². The zero-order valence-electron chi connectivity index (χ0n) is 16.7. The third-order valence-electron chi connectivity index (χ3n) is 4.99. The number of pyridine rings is 1. The van der Waals surface area contributed by atoms with Crippen molar-refractivity contribution >= 4 is 33.3 Å². The van der Waals surface area contributed by atoms with E-state index in [-0.39, 0.29) is 17.3 Å². The Morgan fingerprint density at radius 3 is 2.81 bits per heavy atom. The van der Waals surface area contributed by atoms with Crippen LogP contribution in [0.2, 0.25) is 0 Å². The van der Waals surface area contributed by atoms with Crippen LogP contribution in [0.3, 0.4) is 0 Å². The number of phenols is 1. The minimum Gasteiger partial charge on any atom is -0.507 e. The van der Waals surface area contributed by atoms with Crippen molar-refractivity contribution in [2.24, 2.45) is 7.05 Å². The van der Waals surface area contributed by atoms with E-state index < -0.39 is 5.82 Å². The summed E-state index contributed by atoms with van der Waals surface area (Å²) in [5.41, 5.74) is 2.65. The first-order chi connectivity index (χ1) is 15.0. The average molecular weight is 416 g/mol. The molecule has 0 saturated carbocycles. The molecule has 0 aliphatic carbocycles. The molecule has 0 amide bonds. The summed E-state index contributed by atoms with van der Waals surface area (Å²) in [6.45, 7) is 0. The third-order valence-corrected chi connectivity index (χ3v) is 4.99. The Morgan fingerprint density at radius 2 is 1.97 bits per heavy atom. The van der Waals surface area contributed by atoms with Crippen LogP contribution < -0.4 is 10.1 Å². The predicted molar refractivity (Wildman–Crippen MR) is 115 cm³/mol. The van der Waals surface area contributed by atoms with E-state index >= 15 is 0 Å². The minimum atomic E-state index is -0.450. The molecule has 0 saturated heterocycles. The summed E-state index contributed by atoms with van der Waals surface area (Å²) in [7, 11) is 3.31. The normalized spacial score (nSPS) is 11.2. The molecule has 5 rings (SSSR count). The highest BCUT2D eigenvalue weighted by molar-refractivity contribution is 5.99. The molecule has 9 heteroatoms. The largest absolute Gasteiger partial charge is 0.507 e. The van der Waals surface area contributed by atoms with Gasteiger partial charge in [-0.15, -0.1) is 5.10 Å². The SMILES string of the molecule is COc1nn(C)cc1-c1cc(O)c2c(Nc3ccc4ncccc4c3F)ncnc2c1. The number of benzene rings is 2. The van der Waals surface area contributed by atoms with Crippen LogP contribution in [0, 0.1) is 5.82 Å². The molecular weight excluding hydrogens is 399 g/mol. The van der Waals surface area contributed by atoms with Crippen LogP contribution in [0.4, 0.5) is 15.9 Å². The lowest BCUT2D eigenvalue weighted by Crippen LogP contribution is -1.99. The molecule has 0 unspecified atom stereocenters. The Morgan fingerprint density at radius 1 is 1.10 bits per heavy atom. The molecule has 0 aliphatic heterocycles. The molecule has 0 radical (unpaired) electrons. The number of phenolic OH excluding ortho intramolecular Hbond substituents is 1. The van der Waals surface area contributed by atoms with Crippen molar-refractivity contribution in [1.29, 1.82) is 0 Å². The monoisotopic (exact) mass is 416 g/mol. The number of methoxy groups -OCH3 is 1. The number of rotatable bonds is 4. The second-order valence-corrected chi connectivity index (χ2v) is 6.96. The lowest BCUT2D eigenvalue weighted by Gasteiger charge is -2.12. The van der Waals surface area contributed by atoms with Crippen molar-refractivity contribution in [3.05, 3.63) is 60.9 Å². The molecule has 0 spiro atoms. The molecule has 3 heterocycles. The van der Waals surface area contributed by atoms with E-state index in [1.165, 1.54) is 13.4 Å². The van der Waals surface area contributed by atoms with Crippen LogP contribution in [0.5, 0.6) is 11.6 Å². The molecule has 0 atom stereocenters. The maximum Gasteiger partial charge on any atom is 0.240 e. The number of halogens is 1. The molecule has 0 bridgehead atoms. The summed E-state index contributed by atoms with van der Waals surface area (Å²) in [6.07, 6.45) is 4.76. The van der Waals surface area contributed by atoms with Crippen LogP contribution in [-0.2, 0) is 7.05 Å². The number of nitrogens with zero attached hydrogens (tertiary/aromatic N) is 5. The fourth-order valence-corrected chi connectivity index (χ4v) is 3.58. The lowest BCUT2D eigenvalue weighted by atomic mass is 10.1. The van der Waals surface area contributed by atoms with E-state index in [9.17, 15) is 9.50 Å². The van der Waals surface area contributed by atoms with Crippen LogP contribution in [-0.4, -0.2) is 36.9 Å². The van der Waals surface area contributed by atoms with Crippen LogP contribution in [0.25, 0.3) is 32.9 Å². The number of hydrogen-bond donors (Lipinski definition) is 2. The summed E-state index contributed by atoms with van der Waals surface area (Å²) in [5, 5.41) is 18.8. The van der Waals surface area contributed by atoms with Crippen LogP contribution in [0.15, 0.2) is 55.1 Å². The van der Waals surface area contributed by atoms with Gasteiger partial charge in [-0.05, 0) is 42.0 Å². The molecule has 0 aliphatic rings. The van der Waals surface area contributed by atoms with E-state index in [0.717, 1.165) is 0 Å². The number of hydrogen-bond acceptors (Lipinski definition) is 7. The van der Waals surface area contributed by atoms with Crippen molar-refractivity contribution < 1.29 is 14.2 Å². The van der Waals surface area contributed by atoms with Gasteiger partial charge in [0.05, 0.1) is 34.8 Å². The Kier molecular flexibility index (Phi) is 4.36. The number of ether oxygens (including phenoxy) is 1. The van der Waals surface area contributed by atoms with Gasteiger partial charge in [-0.3, -0.25) is 9.67 Å². The van der Waals surface area contributed by atoms with Gasteiger partial charge >= 0.3 is 0 Å². The van der Waals surface area contributed by atoms with Gasteiger partial charge < -0.3 is 15.2 Å². The summed E-state index contributed by atoms with van der Waals surface area (Å²) in [6, 6.07) is 10.0. The molecule has 2 N–H and O–H groups in total. The molecule has 154 valence electrons. The Labute approximate surface area is 176 Å². The van der Waals surface area contributed by atoms with Gasteiger partial charge in [0.1, 0.15) is 17.9 Å². The highest BCUT2D eigenvalue weighted by atomic mass is 19.1. The van der Waals surface area contributed by atoms with Gasteiger partial charge in [-0.1, -0.05) is 0 Å². The molecule has 8 nitrogen and oxygen atoms in total. The van der Waals surface area contributed by atoms with E-state index in [1.807, 2.05) is 0 Å². The van der Waals surface area contributed by atoms with Crippen LogP contribution >= 0.6 is 0 Å². The van der Waals surface area contributed by atoms with Gasteiger partial charge in [0.15, 0.2) is 5.82 Å². The smallest absolute Gasteiger partial charge is 0.240 e. The number of nitrogens with one attached hydrogen (secondary N) is 1. The maximum atomic E-state index is 15.0. The summed E-state index contributed by atoms with van der Waals surface area (Å²) in [5.74, 6) is 0.216. The average Bonchev–Trinajstić information content (AvgIpc) is 3.16. The Bertz CT molecular complexity index is 1450. The Hall–Kier alpha value is -4.27. The first kappa shape index (κ1) is 18.7. The van der Waals surface area contributed by atoms with Crippen molar-refractivity contribution in [3.8, 4) is 22.8 Å². The van der Waals surface area contributed by atoms with E-state index in [1.54, 1.807) is 60.5 Å². The fraction of sp³-hybridized carbons (Fsp3) is 0.0909. The number of anilines is 2. The highest BCUT2D eigenvalue weighted by Gasteiger charge is 2.17. The molecule has 3 aromatic heterocycles. The van der Waals surface area contributed by atoms with E-state index in [4.69, 9.17) is 4.74 Å². The first-order valence-corrected chi connectivity index (χ1v) is 9.41. The lowest BCUT2D eigenvalue weighted by molar-refractivity contribution is 0.393. The van der Waals surface area contributed by atoms with Crippen molar-refractivity contribution in [2.75, 3.05) is 12.4 Å². The third kappa shape index (κ3) is 3.16. The standard InChI is InChI=1S/C22H17FN6O2/c1-29-10-14(22(28-29)31-2)12-8-17-19(18(30)9-12)21(26-11-25-17)27-16-6-5-15-13(20(16)23)4-3-7-24-15/h3-11,30H,1-2H3,(H,25,26,27). The number of aromatic hydroxyl groups is 1. The molecular formula is C22H17FN6O2. The van der Waals surface area contributed by atoms with Gasteiger partial charge in [0.2, 0.25) is 5.88 Å². The van der Waals surface area contributed by atoms with Crippen molar-refractivity contribution in [2.45, 2.75) is 0 Å². The topological polar surface area (TPSA) is 98.0 Å². The summed E-state index contributed by atoms with van der Waals surface area (Å²) in [4.78, 5) is 12.7. The van der Waals surface area contributed by atoms with E-state index in [0.29, 0.717) is 38.8 Å². The molecule has 5 aromatic rings. The predicted octanol–water partition coefficient (Wildman–Crippen LogP) is 4.18. The molecule has 0 fully saturated rings. The van der Waals surface area contributed by atoms with Gasteiger partial charge in [0, 0.05) is 24.8 Å². The Balaban J connectivity index is 1.62. The van der Waals surface area contributed by atoms with Gasteiger partial charge in [-0.25, -0.2) is 14.4 Å². The number of aromatic nitrogens is 5. The van der Waals surface area contributed by atoms with Crippen LogP contribution in [0.1, 0.15) is 0 Å². The fourth-order valence-electron chi connectivity index (χ4n) is 3.58.